The van der Waals surface area contributed by atoms with Crippen LogP contribution >= 0.6 is 11.6 Å². The predicted molar refractivity (Wildman–Crippen MR) is 153 cm³/mol. The van der Waals surface area contributed by atoms with E-state index < -0.39 is 11.6 Å². The molecule has 1 aliphatic carbocycles. The van der Waals surface area contributed by atoms with Crippen molar-refractivity contribution < 1.29 is 19.5 Å². The molecule has 8 heteroatoms. The lowest BCUT2D eigenvalue weighted by Gasteiger charge is -2.46. The summed E-state index contributed by atoms with van der Waals surface area (Å²) in [5.41, 5.74) is 2.10. The smallest absolute Gasteiger partial charge is 0.305 e. The van der Waals surface area contributed by atoms with Gasteiger partial charge in [-0.25, -0.2) is 0 Å². The molecule has 2 aliphatic rings. The third-order valence-electron chi connectivity index (χ3n) is 8.14. The zero-order valence-electron chi connectivity index (χ0n) is 23.0. The summed E-state index contributed by atoms with van der Waals surface area (Å²) < 4.78 is 0. The molecular weight excluding hydrogens is 514 g/mol. The van der Waals surface area contributed by atoms with Gasteiger partial charge in [-0.1, -0.05) is 63.1 Å². The van der Waals surface area contributed by atoms with Crippen molar-refractivity contribution in [2.75, 3.05) is 6.54 Å². The molecular formula is C31H38ClN3O4. The van der Waals surface area contributed by atoms with Gasteiger partial charge >= 0.3 is 5.97 Å². The minimum absolute atomic E-state index is 0.0609. The van der Waals surface area contributed by atoms with Crippen LogP contribution in [0.15, 0.2) is 53.5 Å². The first-order chi connectivity index (χ1) is 18.6. The second kappa shape index (κ2) is 12.3. The van der Waals surface area contributed by atoms with Gasteiger partial charge in [0, 0.05) is 22.7 Å². The fourth-order valence-electron chi connectivity index (χ4n) is 5.92. The molecule has 1 spiro atoms. The first kappa shape index (κ1) is 28.8. The van der Waals surface area contributed by atoms with Crippen LogP contribution in [0, 0.1) is 11.8 Å². The third kappa shape index (κ3) is 6.35. The summed E-state index contributed by atoms with van der Waals surface area (Å²) in [6.07, 6.45) is 5.21. The lowest BCUT2D eigenvalue weighted by molar-refractivity contribution is -0.137. The number of aliphatic carboxylic acids is 1. The molecule has 2 N–H and O–H groups in total. The van der Waals surface area contributed by atoms with Crippen LogP contribution in [0.4, 0.5) is 0 Å². The highest BCUT2D eigenvalue weighted by atomic mass is 35.5. The van der Waals surface area contributed by atoms with Crippen molar-refractivity contribution in [2.24, 2.45) is 16.8 Å². The van der Waals surface area contributed by atoms with E-state index in [2.05, 4.69) is 26.1 Å². The van der Waals surface area contributed by atoms with Gasteiger partial charge in [-0.3, -0.25) is 19.4 Å². The molecule has 0 bridgehead atoms. The molecule has 0 saturated heterocycles. The minimum atomic E-state index is -0.958. The fourth-order valence-corrected chi connectivity index (χ4v) is 6.05. The van der Waals surface area contributed by atoms with Crippen LogP contribution in [0.3, 0.4) is 0 Å². The minimum Gasteiger partial charge on any atom is -0.481 e. The maximum absolute atomic E-state index is 14.2. The van der Waals surface area contributed by atoms with Crippen LogP contribution in [0.25, 0.3) is 0 Å². The zero-order valence-corrected chi connectivity index (χ0v) is 23.7. The van der Waals surface area contributed by atoms with E-state index in [4.69, 9.17) is 21.7 Å². The van der Waals surface area contributed by atoms with E-state index in [1.165, 1.54) is 0 Å². The lowest BCUT2D eigenvalue weighted by Crippen LogP contribution is -2.51. The SMILES string of the molecule is CCCC(c1ccc(C(=O)NCCC(=O)O)cc1)N1C(=O)C(c2ccc(Cl)cc2)=NC12CCC(C(C)C)CC2. The summed E-state index contributed by atoms with van der Waals surface area (Å²) in [5, 5.41) is 12.1. The van der Waals surface area contributed by atoms with E-state index in [1.54, 1.807) is 24.3 Å². The van der Waals surface area contributed by atoms with Crippen molar-refractivity contribution in [3.8, 4) is 0 Å². The van der Waals surface area contributed by atoms with E-state index in [9.17, 15) is 14.4 Å². The van der Waals surface area contributed by atoms with Gasteiger partial charge in [-0.15, -0.1) is 0 Å². The quantitative estimate of drug-likeness (QED) is 0.364. The van der Waals surface area contributed by atoms with Crippen molar-refractivity contribution in [2.45, 2.75) is 77.4 Å². The van der Waals surface area contributed by atoms with Crippen LogP contribution in [-0.4, -0.2) is 45.7 Å². The number of amides is 2. The first-order valence-corrected chi connectivity index (χ1v) is 14.3. The number of carboxylic acids is 1. The molecule has 4 rings (SSSR count). The second-order valence-corrected chi connectivity index (χ2v) is 11.5. The molecule has 1 fully saturated rings. The van der Waals surface area contributed by atoms with Gasteiger partial charge in [0.2, 0.25) is 0 Å². The number of hydrogen-bond acceptors (Lipinski definition) is 4. The zero-order chi connectivity index (χ0) is 28.2. The number of carboxylic acid groups (broad SMARTS) is 1. The molecule has 2 aromatic rings. The standard InChI is InChI=1S/C31H38ClN3O4/c1-4-5-26(22-6-8-24(9-7-22)29(38)33-19-16-27(36)37)35-30(39)28(23-10-12-25(32)13-11-23)34-31(35)17-14-21(15-18-31)20(2)3/h6-13,20-21,26H,4-5,14-19H2,1-3H3,(H,33,38)(H,36,37). The van der Waals surface area contributed by atoms with Crippen LogP contribution in [0.2, 0.25) is 5.02 Å². The molecule has 1 saturated carbocycles. The van der Waals surface area contributed by atoms with Gasteiger partial charge in [0.25, 0.3) is 11.8 Å². The Balaban J connectivity index is 1.65. The molecule has 2 aromatic carbocycles. The van der Waals surface area contributed by atoms with Gasteiger partial charge in [-0.05, 0) is 73.8 Å². The van der Waals surface area contributed by atoms with Crippen LogP contribution < -0.4 is 5.32 Å². The van der Waals surface area contributed by atoms with Crippen molar-refractivity contribution in [1.29, 1.82) is 0 Å². The van der Waals surface area contributed by atoms with Crippen molar-refractivity contribution in [3.63, 3.8) is 0 Å². The highest BCUT2D eigenvalue weighted by Gasteiger charge is 2.51. The van der Waals surface area contributed by atoms with E-state index in [0.717, 1.165) is 49.7 Å². The largest absolute Gasteiger partial charge is 0.481 e. The van der Waals surface area contributed by atoms with E-state index in [0.29, 0.717) is 28.1 Å². The van der Waals surface area contributed by atoms with Crippen molar-refractivity contribution in [1.82, 2.24) is 10.2 Å². The maximum Gasteiger partial charge on any atom is 0.305 e. The normalized spacial score (nSPS) is 21.8. The molecule has 208 valence electrons. The number of carbonyl (C=O) groups is 3. The summed E-state index contributed by atoms with van der Waals surface area (Å²) in [7, 11) is 0. The fraction of sp³-hybridized carbons (Fsp3) is 0.484. The van der Waals surface area contributed by atoms with Crippen molar-refractivity contribution >= 4 is 35.1 Å². The molecule has 1 aliphatic heterocycles. The summed E-state index contributed by atoms with van der Waals surface area (Å²) in [6.45, 7) is 6.71. The number of nitrogens with zero attached hydrogens (tertiary/aromatic N) is 2. The Morgan fingerprint density at radius 3 is 2.31 bits per heavy atom. The third-order valence-corrected chi connectivity index (χ3v) is 8.39. The van der Waals surface area contributed by atoms with Crippen molar-refractivity contribution in [3.05, 3.63) is 70.2 Å². The summed E-state index contributed by atoms with van der Waals surface area (Å²) >= 11 is 6.13. The molecule has 1 heterocycles. The Bertz CT molecular complexity index is 1220. The lowest BCUT2D eigenvalue weighted by atomic mass is 9.76. The second-order valence-electron chi connectivity index (χ2n) is 11.0. The highest BCUT2D eigenvalue weighted by molar-refractivity contribution is 6.47. The van der Waals surface area contributed by atoms with E-state index in [-0.39, 0.29) is 30.8 Å². The number of carbonyl (C=O) groups excluding carboxylic acids is 2. The Labute approximate surface area is 235 Å². The topological polar surface area (TPSA) is 99.1 Å². The number of hydrogen-bond donors (Lipinski definition) is 2. The first-order valence-electron chi connectivity index (χ1n) is 13.9. The summed E-state index contributed by atoms with van der Waals surface area (Å²) in [4.78, 5) is 44.6. The maximum atomic E-state index is 14.2. The molecule has 7 nitrogen and oxygen atoms in total. The Hall–Kier alpha value is -3.19. The number of halogens is 1. The molecule has 39 heavy (non-hydrogen) atoms. The predicted octanol–water partition coefficient (Wildman–Crippen LogP) is 6.26. The van der Waals surface area contributed by atoms with Gasteiger partial charge in [0.05, 0.1) is 12.5 Å². The number of nitrogens with one attached hydrogen (secondary N) is 1. The van der Waals surface area contributed by atoms with Gasteiger partial charge in [-0.2, -0.15) is 0 Å². The van der Waals surface area contributed by atoms with E-state index in [1.807, 2.05) is 29.2 Å². The highest BCUT2D eigenvalue weighted by Crippen LogP contribution is 2.48. The summed E-state index contributed by atoms with van der Waals surface area (Å²) in [6, 6.07) is 14.4. The molecule has 1 unspecified atom stereocenters. The van der Waals surface area contributed by atoms with Crippen LogP contribution in [-0.2, 0) is 9.59 Å². The van der Waals surface area contributed by atoms with Gasteiger partial charge in [0.1, 0.15) is 11.4 Å². The monoisotopic (exact) mass is 551 g/mol. The van der Waals surface area contributed by atoms with Gasteiger partial charge in [0.15, 0.2) is 0 Å². The van der Waals surface area contributed by atoms with E-state index >= 15 is 0 Å². The average Bonchev–Trinajstić information content (AvgIpc) is 3.18. The Kier molecular flexibility index (Phi) is 9.11. The van der Waals surface area contributed by atoms with Crippen LogP contribution in [0.5, 0.6) is 0 Å². The van der Waals surface area contributed by atoms with Gasteiger partial charge < -0.3 is 15.3 Å². The molecule has 0 radical (unpaired) electrons. The molecule has 1 atom stereocenters. The number of rotatable bonds is 10. The molecule has 2 amide bonds. The Morgan fingerprint density at radius 2 is 1.74 bits per heavy atom. The average molecular weight is 552 g/mol. The Morgan fingerprint density at radius 1 is 1.10 bits per heavy atom. The molecule has 0 aromatic heterocycles. The summed E-state index contributed by atoms with van der Waals surface area (Å²) in [5.74, 6) is -0.128. The van der Waals surface area contributed by atoms with Crippen LogP contribution in [0.1, 0.15) is 93.2 Å². The number of aliphatic imine (C=N–C) groups is 1. The number of benzene rings is 2.